The second-order valence-electron chi connectivity index (χ2n) is 5.27. The Balaban J connectivity index is 2.19. The zero-order chi connectivity index (χ0) is 13.8. The van der Waals surface area contributed by atoms with Crippen molar-refractivity contribution in [2.24, 2.45) is 0 Å². The molecule has 0 bridgehead atoms. The summed E-state index contributed by atoms with van der Waals surface area (Å²) in [5.41, 5.74) is 2.41. The molecule has 0 aromatic heterocycles. The second kappa shape index (κ2) is 6.26. The summed E-state index contributed by atoms with van der Waals surface area (Å²) >= 11 is 0. The van der Waals surface area contributed by atoms with Gasteiger partial charge in [0.25, 0.3) is 0 Å². The zero-order valence-electron chi connectivity index (χ0n) is 12.1. The number of aliphatic hydroxyl groups is 1. The maximum atomic E-state index is 9.17. The van der Waals surface area contributed by atoms with Crippen molar-refractivity contribution >= 4 is 5.69 Å². The van der Waals surface area contributed by atoms with E-state index in [-0.39, 0.29) is 6.61 Å². The van der Waals surface area contributed by atoms with Crippen molar-refractivity contribution in [3.05, 3.63) is 23.8 Å². The Kier molecular flexibility index (Phi) is 4.66. The number of ether oxygens (including phenoxy) is 1. The molecule has 0 amide bonds. The van der Waals surface area contributed by atoms with Crippen molar-refractivity contribution in [1.82, 2.24) is 4.90 Å². The van der Waals surface area contributed by atoms with E-state index in [1.807, 2.05) is 6.07 Å². The average molecular weight is 264 g/mol. The van der Waals surface area contributed by atoms with E-state index >= 15 is 0 Å². The minimum absolute atomic E-state index is 0.244. The summed E-state index contributed by atoms with van der Waals surface area (Å²) < 4.78 is 5.47. The lowest BCUT2D eigenvalue weighted by Gasteiger charge is -2.41. The van der Waals surface area contributed by atoms with E-state index in [1.165, 1.54) is 11.3 Å². The van der Waals surface area contributed by atoms with Gasteiger partial charge in [0.15, 0.2) is 0 Å². The monoisotopic (exact) mass is 264 g/mol. The minimum Gasteiger partial charge on any atom is -0.495 e. The summed E-state index contributed by atoms with van der Waals surface area (Å²) in [4.78, 5) is 4.70. The quantitative estimate of drug-likeness (QED) is 0.894. The van der Waals surface area contributed by atoms with Gasteiger partial charge < -0.3 is 14.7 Å². The van der Waals surface area contributed by atoms with Gasteiger partial charge in [-0.15, -0.1) is 0 Å². The largest absolute Gasteiger partial charge is 0.495 e. The molecule has 0 saturated carbocycles. The highest BCUT2D eigenvalue weighted by atomic mass is 16.5. The van der Waals surface area contributed by atoms with Crippen LogP contribution in [0.4, 0.5) is 5.69 Å². The molecule has 19 heavy (non-hydrogen) atoms. The van der Waals surface area contributed by atoms with E-state index < -0.39 is 0 Å². The van der Waals surface area contributed by atoms with Crippen LogP contribution in [0.25, 0.3) is 0 Å². The molecule has 1 fully saturated rings. The van der Waals surface area contributed by atoms with Gasteiger partial charge in [0.1, 0.15) is 5.75 Å². The number of likely N-dealkylation sites (N-methyl/N-ethyl adjacent to an activating group) is 1. The lowest BCUT2D eigenvalue weighted by molar-refractivity contribution is 0.170. The van der Waals surface area contributed by atoms with Gasteiger partial charge in [-0.05, 0) is 38.1 Å². The second-order valence-corrected chi connectivity index (χ2v) is 5.27. The normalized spacial score (nSPS) is 20.6. The summed E-state index contributed by atoms with van der Waals surface area (Å²) in [6, 6.07) is 6.69. The first-order valence-electron chi connectivity index (χ1n) is 6.86. The molecule has 1 aliphatic rings. The molecule has 0 radical (unpaired) electrons. The predicted molar refractivity (Wildman–Crippen MR) is 78.1 cm³/mol. The number of benzene rings is 1. The van der Waals surface area contributed by atoms with Crippen LogP contribution in [0.5, 0.6) is 5.75 Å². The van der Waals surface area contributed by atoms with Gasteiger partial charge in [-0.1, -0.05) is 6.07 Å². The molecule has 4 heteroatoms. The molecule has 2 rings (SSSR count). The molecule has 1 aromatic carbocycles. The summed E-state index contributed by atoms with van der Waals surface area (Å²) in [6.45, 7) is 5.30. The molecule has 0 spiro atoms. The fourth-order valence-electron chi connectivity index (χ4n) is 2.67. The van der Waals surface area contributed by atoms with Crippen LogP contribution in [0.2, 0.25) is 0 Å². The number of piperazine rings is 1. The molecule has 0 aliphatic carbocycles. The Morgan fingerprint density at radius 3 is 2.84 bits per heavy atom. The Bertz CT molecular complexity index is 423. The summed E-state index contributed by atoms with van der Waals surface area (Å²) in [6.07, 6.45) is 0.821. The van der Waals surface area contributed by atoms with Crippen LogP contribution in [0, 0.1) is 6.92 Å². The molecule has 106 valence electrons. The van der Waals surface area contributed by atoms with E-state index in [4.69, 9.17) is 9.84 Å². The summed E-state index contributed by atoms with van der Waals surface area (Å²) in [5.74, 6) is 0.929. The minimum atomic E-state index is 0.244. The first-order valence-corrected chi connectivity index (χ1v) is 6.86. The van der Waals surface area contributed by atoms with Crippen molar-refractivity contribution in [3.63, 3.8) is 0 Å². The van der Waals surface area contributed by atoms with Gasteiger partial charge >= 0.3 is 0 Å². The topological polar surface area (TPSA) is 35.9 Å². The van der Waals surface area contributed by atoms with Crippen molar-refractivity contribution in [2.45, 2.75) is 19.4 Å². The van der Waals surface area contributed by atoms with E-state index in [2.05, 4.69) is 35.9 Å². The van der Waals surface area contributed by atoms with E-state index in [0.717, 1.165) is 31.8 Å². The highest BCUT2D eigenvalue weighted by Crippen LogP contribution is 2.31. The van der Waals surface area contributed by atoms with Gasteiger partial charge in [0.2, 0.25) is 0 Å². The van der Waals surface area contributed by atoms with Crippen LogP contribution in [0.3, 0.4) is 0 Å². The van der Waals surface area contributed by atoms with E-state index in [9.17, 15) is 0 Å². The van der Waals surface area contributed by atoms with Crippen LogP contribution in [-0.2, 0) is 0 Å². The molecule has 1 unspecified atom stereocenters. The lowest BCUT2D eigenvalue weighted by Crippen LogP contribution is -2.51. The first kappa shape index (κ1) is 14.2. The van der Waals surface area contributed by atoms with Crippen molar-refractivity contribution in [1.29, 1.82) is 0 Å². The zero-order valence-corrected chi connectivity index (χ0v) is 12.1. The van der Waals surface area contributed by atoms with Crippen LogP contribution in [-0.4, -0.2) is 56.4 Å². The maximum absolute atomic E-state index is 9.17. The number of rotatable bonds is 4. The van der Waals surface area contributed by atoms with E-state index in [0.29, 0.717) is 6.04 Å². The third kappa shape index (κ3) is 3.19. The Morgan fingerprint density at radius 2 is 2.16 bits per heavy atom. The Morgan fingerprint density at radius 1 is 1.37 bits per heavy atom. The van der Waals surface area contributed by atoms with E-state index in [1.54, 1.807) is 7.11 Å². The standard InChI is InChI=1S/C15H24N2O2/c1-12-4-5-15(19-3)14(10-12)17-8-7-16(2)13(11-17)6-9-18/h4-5,10,13,18H,6-9,11H2,1-3H3. The fourth-order valence-corrected chi connectivity index (χ4v) is 2.67. The number of hydrogen-bond donors (Lipinski definition) is 1. The van der Waals surface area contributed by atoms with Crippen molar-refractivity contribution in [2.75, 3.05) is 45.3 Å². The number of hydrogen-bond acceptors (Lipinski definition) is 4. The smallest absolute Gasteiger partial charge is 0.142 e. The molecule has 1 atom stereocenters. The van der Waals surface area contributed by atoms with Crippen LogP contribution in [0.15, 0.2) is 18.2 Å². The van der Waals surface area contributed by atoms with Gasteiger partial charge in [-0.25, -0.2) is 0 Å². The number of anilines is 1. The highest BCUT2D eigenvalue weighted by molar-refractivity contribution is 5.60. The van der Waals surface area contributed by atoms with Crippen LogP contribution < -0.4 is 9.64 Å². The molecule has 4 nitrogen and oxygen atoms in total. The fraction of sp³-hybridized carbons (Fsp3) is 0.600. The Hall–Kier alpha value is -1.26. The molecular formula is C15H24N2O2. The molecule has 1 aromatic rings. The van der Waals surface area contributed by atoms with Crippen molar-refractivity contribution < 1.29 is 9.84 Å². The van der Waals surface area contributed by atoms with Crippen molar-refractivity contribution in [3.8, 4) is 5.75 Å². The summed E-state index contributed by atoms with van der Waals surface area (Å²) in [5, 5.41) is 9.17. The Labute approximate surface area is 115 Å². The number of aryl methyl sites for hydroxylation is 1. The molecule has 1 saturated heterocycles. The number of nitrogens with zero attached hydrogens (tertiary/aromatic N) is 2. The van der Waals surface area contributed by atoms with Gasteiger partial charge in [0, 0.05) is 32.3 Å². The van der Waals surface area contributed by atoms with Gasteiger partial charge in [0.05, 0.1) is 12.8 Å². The van der Waals surface area contributed by atoms with Crippen LogP contribution in [0.1, 0.15) is 12.0 Å². The third-order valence-corrected chi connectivity index (χ3v) is 3.91. The molecule has 1 N–H and O–H groups in total. The first-order chi connectivity index (χ1) is 9.15. The lowest BCUT2D eigenvalue weighted by atomic mass is 10.1. The maximum Gasteiger partial charge on any atom is 0.142 e. The summed E-state index contributed by atoms with van der Waals surface area (Å²) in [7, 11) is 3.85. The molecular weight excluding hydrogens is 240 g/mol. The number of methoxy groups -OCH3 is 1. The predicted octanol–water partition coefficient (Wildman–Crippen LogP) is 1.51. The highest BCUT2D eigenvalue weighted by Gasteiger charge is 2.25. The van der Waals surface area contributed by atoms with Gasteiger partial charge in [-0.3, -0.25) is 4.90 Å². The average Bonchev–Trinajstić information content (AvgIpc) is 2.41. The van der Waals surface area contributed by atoms with Crippen LogP contribution >= 0.6 is 0 Å². The van der Waals surface area contributed by atoms with Gasteiger partial charge in [-0.2, -0.15) is 0 Å². The molecule has 1 heterocycles. The number of aliphatic hydroxyl groups excluding tert-OH is 1. The molecule has 1 aliphatic heterocycles. The SMILES string of the molecule is COc1ccc(C)cc1N1CCN(C)C(CCO)C1. The third-order valence-electron chi connectivity index (χ3n) is 3.91.